The van der Waals surface area contributed by atoms with Gasteiger partial charge in [-0.1, -0.05) is 0 Å². The average Bonchev–Trinajstić information content (AvgIpc) is 2.84. The normalized spacial score (nSPS) is 11.5. The molecule has 0 N–H and O–H groups in total. The number of carbonyl (C=O) groups excluding carboxylic acids is 1. The molecule has 5 nitrogen and oxygen atoms in total. The van der Waals surface area contributed by atoms with Crippen LogP contribution in [0.3, 0.4) is 0 Å². The van der Waals surface area contributed by atoms with Gasteiger partial charge in [-0.2, -0.15) is 18.3 Å². The highest BCUT2D eigenvalue weighted by Crippen LogP contribution is 2.33. The van der Waals surface area contributed by atoms with Gasteiger partial charge in [0.1, 0.15) is 11.4 Å². The highest BCUT2D eigenvalue weighted by molar-refractivity contribution is 5.90. The SMILES string of the molecule is CCOC(=O)c1cnn(-c2ccc(F)cn2)c1C(F)(F)F. The van der Waals surface area contributed by atoms with Crippen molar-refractivity contribution in [3.63, 3.8) is 0 Å². The van der Waals surface area contributed by atoms with Crippen molar-refractivity contribution in [1.82, 2.24) is 14.8 Å². The molecule has 9 heteroatoms. The van der Waals surface area contributed by atoms with Crippen molar-refractivity contribution in [1.29, 1.82) is 0 Å². The Balaban J connectivity index is 2.57. The van der Waals surface area contributed by atoms with Gasteiger partial charge < -0.3 is 4.74 Å². The molecule has 0 unspecified atom stereocenters. The topological polar surface area (TPSA) is 57.0 Å². The van der Waals surface area contributed by atoms with E-state index in [-0.39, 0.29) is 12.4 Å². The second-order valence-electron chi connectivity index (χ2n) is 3.87. The Bertz CT molecular complexity index is 650. The molecule has 0 radical (unpaired) electrons. The Labute approximate surface area is 116 Å². The van der Waals surface area contributed by atoms with Crippen molar-refractivity contribution in [2.24, 2.45) is 0 Å². The van der Waals surface area contributed by atoms with Crippen LogP contribution in [-0.2, 0) is 10.9 Å². The van der Waals surface area contributed by atoms with Gasteiger partial charge in [-0.3, -0.25) is 0 Å². The number of nitrogens with zero attached hydrogens (tertiary/aromatic N) is 3. The van der Waals surface area contributed by atoms with Crippen molar-refractivity contribution >= 4 is 5.97 Å². The van der Waals surface area contributed by atoms with E-state index in [1.165, 1.54) is 6.92 Å². The molecule has 21 heavy (non-hydrogen) atoms. The number of ether oxygens (including phenoxy) is 1. The monoisotopic (exact) mass is 303 g/mol. The summed E-state index contributed by atoms with van der Waals surface area (Å²) in [7, 11) is 0. The quantitative estimate of drug-likeness (QED) is 0.646. The molecule has 0 bridgehead atoms. The number of pyridine rings is 1. The second-order valence-corrected chi connectivity index (χ2v) is 3.87. The molecule has 2 aromatic heterocycles. The molecule has 2 rings (SSSR count). The first-order valence-electron chi connectivity index (χ1n) is 5.79. The van der Waals surface area contributed by atoms with Crippen LogP contribution in [0.5, 0.6) is 0 Å². The van der Waals surface area contributed by atoms with Crippen LogP contribution in [0.2, 0.25) is 0 Å². The molecule has 0 saturated carbocycles. The number of aromatic nitrogens is 3. The number of carbonyl (C=O) groups is 1. The minimum Gasteiger partial charge on any atom is -0.462 e. The zero-order chi connectivity index (χ0) is 15.6. The molecular weight excluding hydrogens is 294 g/mol. The number of hydrogen-bond acceptors (Lipinski definition) is 4. The summed E-state index contributed by atoms with van der Waals surface area (Å²) in [4.78, 5) is 15.1. The van der Waals surface area contributed by atoms with Gasteiger partial charge in [0.15, 0.2) is 11.5 Å². The van der Waals surface area contributed by atoms with Gasteiger partial charge in [0.2, 0.25) is 0 Å². The smallest absolute Gasteiger partial charge is 0.434 e. The first-order chi connectivity index (χ1) is 9.84. The Hall–Kier alpha value is -2.45. The van der Waals surface area contributed by atoms with Crippen LogP contribution in [0.15, 0.2) is 24.5 Å². The Kier molecular flexibility index (Phi) is 3.92. The van der Waals surface area contributed by atoms with Crippen molar-refractivity contribution in [2.45, 2.75) is 13.1 Å². The van der Waals surface area contributed by atoms with E-state index < -0.39 is 29.2 Å². The fourth-order valence-electron chi connectivity index (χ4n) is 1.65. The highest BCUT2D eigenvalue weighted by atomic mass is 19.4. The molecule has 0 saturated heterocycles. The third-order valence-corrected chi connectivity index (χ3v) is 2.46. The minimum atomic E-state index is -4.85. The lowest BCUT2D eigenvalue weighted by molar-refractivity contribution is -0.143. The molecule has 0 aliphatic heterocycles. The predicted molar refractivity (Wildman–Crippen MR) is 62.3 cm³/mol. The average molecular weight is 303 g/mol. The highest BCUT2D eigenvalue weighted by Gasteiger charge is 2.41. The van der Waals surface area contributed by atoms with Gasteiger partial charge >= 0.3 is 12.1 Å². The summed E-state index contributed by atoms with van der Waals surface area (Å²) >= 11 is 0. The Morgan fingerprint density at radius 1 is 1.33 bits per heavy atom. The van der Waals surface area contributed by atoms with Crippen LogP contribution >= 0.6 is 0 Å². The third kappa shape index (κ3) is 3.01. The van der Waals surface area contributed by atoms with Gasteiger partial charge in [0.25, 0.3) is 0 Å². The van der Waals surface area contributed by atoms with Gasteiger partial charge in [0.05, 0.1) is 19.0 Å². The van der Waals surface area contributed by atoms with Crippen LogP contribution in [0.25, 0.3) is 5.82 Å². The van der Waals surface area contributed by atoms with Crippen LogP contribution < -0.4 is 0 Å². The summed E-state index contributed by atoms with van der Waals surface area (Å²) in [5.74, 6) is -2.11. The predicted octanol–water partition coefficient (Wildman–Crippen LogP) is 2.60. The van der Waals surface area contributed by atoms with Gasteiger partial charge in [0, 0.05) is 0 Å². The molecule has 0 aliphatic rings. The fourth-order valence-corrected chi connectivity index (χ4v) is 1.65. The maximum absolute atomic E-state index is 13.1. The van der Waals surface area contributed by atoms with Gasteiger partial charge in [-0.25, -0.2) is 18.9 Å². The first kappa shape index (κ1) is 14.9. The van der Waals surface area contributed by atoms with Crippen LogP contribution in [0.1, 0.15) is 23.0 Å². The second kappa shape index (κ2) is 5.51. The fraction of sp³-hybridized carbons (Fsp3) is 0.250. The van der Waals surface area contributed by atoms with Crippen molar-refractivity contribution in [3.8, 4) is 5.82 Å². The molecule has 2 heterocycles. The molecule has 0 amide bonds. The summed E-state index contributed by atoms with van der Waals surface area (Å²) in [6, 6.07) is 1.96. The molecule has 112 valence electrons. The Morgan fingerprint density at radius 3 is 2.57 bits per heavy atom. The van der Waals surface area contributed by atoms with Crippen LogP contribution in [0, 0.1) is 5.82 Å². The standard InChI is InChI=1S/C12H9F4N3O2/c1-2-21-11(20)8-6-18-19(10(8)12(14,15)16)9-4-3-7(13)5-17-9/h3-6H,2H2,1H3. The molecule has 0 spiro atoms. The number of hydrogen-bond donors (Lipinski definition) is 0. The van der Waals surface area contributed by atoms with E-state index in [2.05, 4.69) is 14.8 Å². The molecule has 0 aliphatic carbocycles. The molecule has 0 atom stereocenters. The third-order valence-electron chi connectivity index (χ3n) is 2.46. The Morgan fingerprint density at radius 2 is 2.05 bits per heavy atom. The number of halogens is 4. The van der Waals surface area contributed by atoms with Crippen molar-refractivity contribution in [3.05, 3.63) is 41.6 Å². The van der Waals surface area contributed by atoms with E-state index in [0.717, 1.165) is 24.5 Å². The number of esters is 1. The molecule has 0 fully saturated rings. The summed E-state index contributed by atoms with van der Waals surface area (Å²) in [5, 5.41) is 3.50. The van der Waals surface area contributed by atoms with Crippen molar-refractivity contribution < 1.29 is 27.1 Å². The van der Waals surface area contributed by atoms with E-state index >= 15 is 0 Å². The van der Waals surface area contributed by atoms with Crippen molar-refractivity contribution in [2.75, 3.05) is 6.61 Å². The van der Waals surface area contributed by atoms with Crippen LogP contribution in [0.4, 0.5) is 17.6 Å². The summed E-state index contributed by atoms with van der Waals surface area (Å²) in [6.07, 6.45) is -3.36. The zero-order valence-electron chi connectivity index (χ0n) is 10.7. The number of rotatable bonds is 3. The van der Waals surface area contributed by atoms with E-state index in [9.17, 15) is 22.4 Å². The molecule has 0 aromatic carbocycles. The molecule has 2 aromatic rings. The van der Waals surface area contributed by atoms with Crippen LogP contribution in [-0.4, -0.2) is 27.3 Å². The molecular formula is C12H9F4N3O2. The van der Waals surface area contributed by atoms with E-state index in [1.807, 2.05) is 0 Å². The summed E-state index contributed by atoms with van der Waals surface area (Å²) in [5.41, 5.74) is -2.05. The van der Waals surface area contributed by atoms with E-state index in [4.69, 9.17) is 0 Å². The number of alkyl halides is 3. The lowest BCUT2D eigenvalue weighted by atomic mass is 10.2. The van der Waals surface area contributed by atoms with E-state index in [0.29, 0.717) is 4.68 Å². The maximum Gasteiger partial charge on any atom is 0.434 e. The lowest BCUT2D eigenvalue weighted by Gasteiger charge is -2.11. The summed E-state index contributed by atoms with van der Waals surface area (Å²) in [6.45, 7) is 1.40. The van der Waals surface area contributed by atoms with Gasteiger partial charge in [-0.15, -0.1) is 0 Å². The largest absolute Gasteiger partial charge is 0.462 e. The lowest BCUT2D eigenvalue weighted by Crippen LogP contribution is -2.19. The minimum absolute atomic E-state index is 0.0733. The maximum atomic E-state index is 13.1. The zero-order valence-corrected chi connectivity index (χ0v) is 10.7. The van der Waals surface area contributed by atoms with Gasteiger partial charge in [-0.05, 0) is 19.1 Å². The van der Waals surface area contributed by atoms with E-state index in [1.54, 1.807) is 0 Å². The first-order valence-corrected chi connectivity index (χ1v) is 5.79. The summed E-state index contributed by atoms with van der Waals surface area (Å²) < 4.78 is 57.2.